The second-order valence-corrected chi connectivity index (χ2v) is 4.71. The van der Waals surface area contributed by atoms with Gasteiger partial charge in [0.05, 0.1) is 5.92 Å². The Morgan fingerprint density at radius 3 is 3.07 bits per heavy atom. The molecule has 0 amide bonds. The van der Waals surface area contributed by atoms with Gasteiger partial charge in [-0.25, -0.2) is 0 Å². The summed E-state index contributed by atoms with van der Waals surface area (Å²) in [6, 6.07) is 0. The fraction of sp³-hybridized carbons (Fsp3) is 0.818. The van der Waals surface area contributed by atoms with Crippen LogP contribution in [0.15, 0.2) is 0 Å². The van der Waals surface area contributed by atoms with Crippen LogP contribution in [-0.2, 0) is 19.1 Å². The molecule has 4 nitrogen and oxygen atoms in total. The minimum atomic E-state index is -0.188. The maximum absolute atomic E-state index is 11.4. The molecule has 2 saturated carbocycles. The summed E-state index contributed by atoms with van der Waals surface area (Å²) in [5.41, 5.74) is 0. The maximum atomic E-state index is 11.4. The van der Waals surface area contributed by atoms with Gasteiger partial charge in [-0.3, -0.25) is 9.59 Å². The van der Waals surface area contributed by atoms with Gasteiger partial charge in [0.15, 0.2) is 0 Å². The first-order chi connectivity index (χ1) is 7.20. The average molecular weight is 210 g/mol. The summed E-state index contributed by atoms with van der Waals surface area (Å²) >= 11 is 0. The maximum Gasteiger partial charge on any atom is 0.309 e. The SMILES string of the molecule is CCC(=O)OC1C2CC3C(=O)OC1C3C2. The van der Waals surface area contributed by atoms with Crippen LogP contribution in [0.3, 0.4) is 0 Å². The van der Waals surface area contributed by atoms with Crippen LogP contribution in [0.5, 0.6) is 0 Å². The van der Waals surface area contributed by atoms with E-state index < -0.39 is 0 Å². The van der Waals surface area contributed by atoms with Gasteiger partial charge >= 0.3 is 11.9 Å². The minimum absolute atomic E-state index is 0.0810. The summed E-state index contributed by atoms with van der Waals surface area (Å²) in [5.74, 6) is 0.496. The first-order valence-electron chi connectivity index (χ1n) is 5.60. The Kier molecular flexibility index (Phi) is 1.82. The number of fused-ring (bicyclic) bond motifs is 1. The average Bonchev–Trinajstić information content (AvgIpc) is 2.81. The van der Waals surface area contributed by atoms with Crippen LogP contribution in [-0.4, -0.2) is 24.1 Å². The molecule has 2 bridgehead atoms. The van der Waals surface area contributed by atoms with Crippen molar-refractivity contribution in [1.82, 2.24) is 0 Å². The van der Waals surface area contributed by atoms with Gasteiger partial charge in [0.25, 0.3) is 0 Å². The Balaban J connectivity index is 1.78. The van der Waals surface area contributed by atoms with Crippen LogP contribution < -0.4 is 0 Å². The molecule has 5 atom stereocenters. The monoisotopic (exact) mass is 210 g/mol. The van der Waals surface area contributed by atoms with Crippen molar-refractivity contribution in [2.24, 2.45) is 17.8 Å². The number of carbonyl (C=O) groups is 2. The summed E-state index contributed by atoms with van der Waals surface area (Å²) in [6.45, 7) is 1.78. The van der Waals surface area contributed by atoms with Gasteiger partial charge in [0.1, 0.15) is 12.2 Å². The Bertz CT molecular complexity index is 325. The van der Waals surface area contributed by atoms with E-state index in [4.69, 9.17) is 9.47 Å². The highest BCUT2D eigenvalue weighted by atomic mass is 16.6. The lowest BCUT2D eigenvalue weighted by Crippen LogP contribution is -2.35. The number of ether oxygens (including phenoxy) is 2. The van der Waals surface area contributed by atoms with Crippen LogP contribution >= 0.6 is 0 Å². The zero-order valence-electron chi connectivity index (χ0n) is 8.64. The van der Waals surface area contributed by atoms with E-state index in [2.05, 4.69) is 0 Å². The molecule has 3 fully saturated rings. The second-order valence-electron chi connectivity index (χ2n) is 4.71. The molecule has 0 radical (unpaired) electrons. The molecule has 0 aromatic rings. The second kappa shape index (κ2) is 2.97. The molecule has 3 rings (SSSR count). The van der Waals surface area contributed by atoms with Crippen molar-refractivity contribution in [3.8, 4) is 0 Å². The summed E-state index contributed by atoms with van der Waals surface area (Å²) < 4.78 is 10.6. The van der Waals surface area contributed by atoms with E-state index in [0.29, 0.717) is 18.3 Å². The topological polar surface area (TPSA) is 52.6 Å². The van der Waals surface area contributed by atoms with Crippen molar-refractivity contribution in [2.75, 3.05) is 0 Å². The third-order valence-corrected chi connectivity index (χ3v) is 3.97. The number of esters is 2. The molecule has 0 aromatic carbocycles. The Morgan fingerprint density at radius 1 is 1.53 bits per heavy atom. The summed E-state index contributed by atoms with van der Waals surface area (Å²) in [5, 5.41) is 0. The summed E-state index contributed by atoms with van der Waals surface area (Å²) in [7, 11) is 0. The van der Waals surface area contributed by atoms with Gasteiger partial charge in [-0.05, 0) is 12.8 Å². The summed E-state index contributed by atoms with van der Waals surface area (Å²) in [4.78, 5) is 22.7. The molecule has 0 aromatic heterocycles. The normalized spacial score (nSPS) is 45.7. The number of hydrogen-bond donors (Lipinski definition) is 0. The number of carbonyl (C=O) groups excluding carboxylic acids is 2. The molecular weight excluding hydrogens is 196 g/mol. The fourth-order valence-electron chi connectivity index (χ4n) is 3.30. The molecular formula is C11H14O4. The molecule has 82 valence electrons. The minimum Gasteiger partial charge on any atom is -0.458 e. The lowest BCUT2D eigenvalue weighted by Gasteiger charge is -2.24. The van der Waals surface area contributed by atoms with Crippen molar-refractivity contribution in [1.29, 1.82) is 0 Å². The van der Waals surface area contributed by atoms with Crippen LogP contribution in [0.25, 0.3) is 0 Å². The smallest absolute Gasteiger partial charge is 0.309 e. The lowest BCUT2D eigenvalue weighted by atomic mass is 9.88. The van der Waals surface area contributed by atoms with Crippen molar-refractivity contribution in [3.63, 3.8) is 0 Å². The summed E-state index contributed by atoms with van der Waals surface area (Å²) in [6.07, 6.45) is 1.92. The Morgan fingerprint density at radius 2 is 2.33 bits per heavy atom. The molecule has 1 saturated heterocycles. The largest absolute Gasteiger partial charge is 0.458 e. The van der Waals surface area contributed by atoms with Gasteiger partial charge in [-0.2, -0.15) is 0 Å². The van der Waals surface area contributed by atoms with Gasteiger partial charge in [0.2, 0.25) is 0 Å². The number of hydrogen-bond acceptors (Lipinski definition) is 4. The zero-order chi connectivity index (χ0) is 10.6. The van der Waals surface area contributed by atoms with Crippen LogP contribution in [0.1, 0.15) is 26.2 Å². The predicted molar refractivity (Wildman–Crippen MR) is 49.8 cm³/mol. The first-order valence-corrected chi connectivity index (χ1v) is 5.60. The predicted octanol–water partition coefficient (Wildman–Crippen LogP) is 0.890. The van der Waals surface area contributed by atoms with Crippen molar-refractivity contribution >= 4 is 11.9 Å². The third kappa shape index (κ3) is 1.13. The molecule has 1 heterocycles. The van der Waals surface area contributed by atoms with E-state index in [-0.39, 0.29) is 30.1 Å². The van der Waals surface area contributed by atoms with Gasteiger partial charge in [0, 0.05) is 18.3 Å². The molecule has 4 heteroatoms. The van der Waals surface area contributed by atoms with Crippen LogP contribution in [0.2, 0.25) is 0 Å². The molecule has 1 aliphatic heterocycles. The molecule has 3 aliphatic rings. The van der Waals surface area contributed by atoms with E-state index in [1.165, 1.54) is 0 Å². The zero-order valence-corrected chi connectivity index (χ0v) is 8.64. The quantitative estimate of drug-likeness (QED) is 0.635. The van der Waals surface area contributed by atoms with Crippen molar-refractivity contribution in [2.45, 2.75) is 38.4 Å². The van der Waals surface area contributed by atoms with Crippen LogP contribution in [0.4, 0.5) is 0 Å². The third-order valence-electron chi connectivity index (χ3n) is 3.97. The molecule has 0 spiro atoms. The standard InChI is InChI=1S/C11H14O4/c1-2-8(12)14-9-5-3-6-7(4-5)11(13)15-10(6)9/h5-7,9-10H,2-4H2,1H3. The van der Waals surface area contributed by atoms with E-state index >= 15 is 0 Å². The van der Waals surface area contributed by atoms with Crippen LogP contribution in [0, 0.1) is 17.8 Å². The first kappa shape index (κ1) is 9.19. The van der Waals surface area contributed by atoms with Crippen molar-refractivity contribution < 1.29 is 19.1 Å². The molecule has 15 heavy (non-hydrogen) atoms. The van der Waals surface area contributed by atoms with Gasteiger partial charge in [-0.1, -0.05) is 6.92 Å². The Labute approximate surface area is 87.9 Å². The Hall–Kier alpha value is -1.06. The lowest BCUT2D eigenvalue weighted by molar-refractivity contribution is -0.161. The van der Waals surface area contributed by atoms with E-state index in [1.807, 2.05) is 0 Å². The molecule has 2 aliphatic carbocycles. The highest BCUT2D eigenvalue weighted by Gasteiger charge is 2.63. The van der Waals surface area contributed by atoms with E-state index in [0.717, 1.165) is 12.8 Å². The van der Waals surface area contributed by atoms with Gasteiger partial charge < -0.3 is 9.47 Å². The van der Waals surface area contributed by atoms with E-state index in [9.17, 15) is 9.59 Å². The number of rotatable bonds is 2. The highest BCUT2D eigenvalue weighted by molar-refractivity contribution is 5.77. The van der Waals surface area contributed by atoms with Gasteiger partial charge in [-0.15, -0.1) is 0 Å². The fourth-order valence-corrected chi connectivity index (χ4v) is 3.30. The molecule has 0 N–H and O–H groups in total. The molecule has 5 unspecified atom stereocenters. The van der Waals surface area contributed by atoms with Crippen molar-refractivity contribution in [3.05, 3.63) is 0 Å². The highest BCUT2D eigenvalue weighted by Crippen LogP contribution is 2.55. The van der Waals surface area contributed by atoms with E-state index in [1.54, 1.807) is 6.92 Å².